The first-order chi connectivity index (χ1) is 13.6. The largest absolute Gasteiger partial charge is 0.417 e. The van der Waals surface area contributed by atoms with E-state index in [-0.39, 0.29) is 28.6 Å². The van der Waals surface area contributed by atoms with Gasteiger partial charge in [0.15, 0.2) is 5.82 Å². The van der Waals surface area contributed by atoms with E-state index in [2.05, 4.69) is 10.1 Å². The number of pyridine rings is 1. The smallest absolute Gasteiger partial charge is 0.367 e. The Morgan fingerprint density at radius 3 is 2.45 bits per heavy atom. The van der Waals surface area contributed by atoms with Crippen molar-refractivity contribution >= 4 is 17.3 Å². The molecule has 152 valence electrons. The lowest BCUT2D eigenvalue weighted by molar-refractivity contribution is -0.137. The van der Waals surface area contributed by atoms with E-state index in [0.717, 1.165) is 28.9 Å². The molecule has 0 saturated heterocycles. The van der Waals surface area contributed by atoms with Crippen LogP contribution in [0.5, 0.6) is 0 Å². The zero-order valence-corrected chi connectivity index (χ0v) is 15.5. The highest BCUT2D eigenvalue weighted by Gasteiger charge is 2.30. The normalized spacial score (nSPS) is 11.6. The molecular formula is C18H12ClF5N4O. The molecule has 29 heavy (non-hydrogen) atoms. The summed E-state index contributed by atoms with van der Waals surface area (Å²) >= 11 is 6.10. The summed E-state index contributed by atoms with van der Waals surface area (Å²) < 4.78 is 65.5. The molecule has 0 atom stereocenters. The van der Waals surface area contributed by atoms with Crippen LogP contribution < -0.4 is 10.5 Å². The van der Waals surface area contributed by atoms with Crippen LogP contribution in [0, 0.1) is 11.6 Å². The molecule has 0 amide bonds. The van der Waals surface area contributed by atoms with Crippen molar-refractivity contribution in [1.29, 1.82) is 0 Å². The number of alkyl halides is 3. The van der Waals surface area contributed by atoms with E-state index in [1.54, 1.807) is 0 Å². The monoisotopic (exact) mass is 430 g/mol. The fourth-order valence-corrected chi connectivity index (χ4v) is 2.80. The van der Waals surface area contributed by atoms with Crippen molar-refractivity contribution in [2.75, 3.05) is 11.9 Å². The van der Waals surface area contributed by atoms with Crippen molar-refractivity contribution in [3.05, 3.63) is 80.9 Å². The Hall–Kier alpha value is -3.01. The Morgan fingerprint density at radius 1 is 1.14 bits per heavy atom. The summed E-state index contributed by atoms with van der Waals surface area (Å²) in [5.74, 6) is -1.63. The zero-order chi connectivity index (χ0) is 21.3. The number of hydrogen-bond donors (Lipinski definition) is 0. The second kappa shape index (κ2) is 7.78. The molecule has 0 aliphatic heterocycles. The van der Waals surface area contributed by atoms with Gasteiger partial charge in [-0.2, -0.15) is 23.0 Å². The molecule has 0 bridgehead atoms. The van der Waals surface area contributed by atoms with Crippen LogP contribution >= 0.6 is 11.6 Å². The van der Waals surface area contributed by atoms with Crippen molar-refractivity contribution in [3.63, 3.8) is 0 Å². The van der Waals surface area contributed by atoms with Crippen LogP contribution in [0.15, 0.2) is 47.5 Å². The summed E-state index contributed by atoms with van der Waals surface area (Å²) in [5.41, 5.74) is -1.47. The molecule has 0 fully saturated rings. The number of halogens is 6. The maximum atomic E-state index is 13.8. The summed E-state index contributed by atoms with van der Waals surface area (Å²) in [6, 6.07) is 4.85. The fraction of sp³-hybridized carbons (Fsp3) is 0.167. The average Bonchev–Trinajstić information content (AvgIpc) is 2.65. The molecule has 0 aliphatic rings. The Labute approximate surface area is 166 Å². The predicted molar refractivity (Wildman–Crippen MR) is 96.1 cm³/mol. The summed E-state index contributed by atoms with van der Waals surface area (Å²) in [5, 5.41) is 3.60. The Balaban J connectivity index is 1.90. The van der Waals surface area contributed by atoms with Gasteiger partial charge in [-0.15, -0.1) is 0 Å². The minimum Gasteiger partial charge on any atom is -0.367 e. The average molecular weight is 431 g/mol. The first-order valence-electron chi connectivity index (χ1n) is 8.04. The van der Waals surface area contributed by atoms with Crippen LogP contribution in [0.3, 0.4) is 0 Å². The molecule has 1 aromatic carbocycles. The van der Waals surface area contributed by atoms with Crippen molar-refractivity contribution in [3.8, 4) is 5.82 Å². The lowest BCUT2D eigenvalue weighted by atomic mass is 10.2. The highest BCUT2D eigenvalue weighted by Crippen LogP contribution is 2.29. The Bertz CT molecular complexity index is 1100. The van der Waals surface area contributed by atoms with Crippen molar-refractivity contribution in [1.82, 2.24) is 14.8 Å². The van der Waals surface area contributed by atoms with Gasteiger partial charge in [-0.25, -0.2) is 13.8 Å². The van der Waals surface area contributed by atoms with Crippen LogP contribution in [0.2, 0.25) is 5.02 Å². The molecule has 0 aliphatic carbocycles. The summed E-state index contributed by atoms with van der Waals surface area (Å²) in [4.78, 5) is 17.5. The van der Waals surface area contributed by atoms with Crippen LogP contribution in [0.25, 0.3) is 5.82 Å². The van der Waals surface area contributed by atoms with Gasteiger partial charge >= 0.3 is 6.18 Å². The van der Waals surface area contributed by atoms with Gasteiger partial charge in [-0.1, -0.05) is 17.7 Å². The molecule has 5 nitrogen and oxygen atoms in total. The van der Waals surface area contributed by atoms with Crippen molar-refractivity contribution in [2.45, 2.75) is 12.7 Å². The maximum Gasteiger partial charge on any atom is 0.417 e. The highest BCUT2D eigenvalue weighted by molar-refractivity contribution is 6.33. The van der Waals surface area contributed by atoms with E-state index in [1.165, 1.54) is 24.2 Å². The van der Waals surface area contributed by atoms with Crippen LogP contribution in [-0.2, 0) is 12.7 Å². The molecule has 2 heterocycles. The van der Waals surface area contributed by atoms with E-state index in [1.807, 2.05) is 0 Å². The van der Waals surface area contributed by atoms with Gasteiger partial charge in [0, 0.05) is 31.4 Å². The molecule has 2 aromatic heterocycles. The summed E-state index contributed by atoms with van der Waals surface area (Å²) in [6.07, 6.45) is -2.79. The van der Waals surface area contributed by atoms with E-state index < -0.39 is 28.9 Å². The molecule has 0 radical (unpaired) electrons. The third-order valence-electron chi connectivity index (χ3n) is 4.03. The van der Waals surface area contributed by atoms with E-state index in [0.29, 0.717) is 6.20 Å². The van der Waals surface area contributed by atoms with Crippen molar-refractivity contribution in [2.24, 2.45) is 0 Å². The summed E-state index contributed by atoms with van der Waals surface area (Å²) in [6.45, 7) is -0.0322. The van der Waals surface area contributed by atoms with Gasteiger partial charge in [0.2, 0.25) is 0 Å². The molecule has 3 rings (SSSR count). The van der Waals surface area contributed by atoms with Crippen LogP contribution in [0.4, 0.5) is 27.6 Å². The summed E-state index contributed by atoms with van der Waals surface area (Å²) in [7, 11) is 1.52. The molecule has 3 aromatic rings. The lowest BCUT2D eigenvalue weighted by Gasteiger charge is -2.20. The molecule has 0 saturated carbocycles. The second-order valence-corrected chi connectivity index (χ2v) is 6.43. The van der Waals surface area contributed by atoms with E-state index >= 15 is 0 Å². The fourth-order valence-electron chi connectivity index (χ4n) is 2.52. The quantitative estimate of drug-likeness (QED) is 0.582. The predicted octanol–water partition coefficient (Wildman–Crippen LogP) is 4.21. The number of benzene rings is 1. The van der Waals surface area contributed by atoms with Gasteiger partial charge in [0.05, 0.1) is 17.4 Å². The third-order valence-corrected chi connectivity index (χ3v) is 4.38. The number of anilines is 1. The topological polar surface area (TPSA) is 51.0 Å². The van der Waals surface area contributed by atoms with Gasteiger partial charge < -0.3 is 4.90 Å². The zero-order valence-electron chi connectivity index (χ0n) is 14.7. The van der Waals surface area contributed by atoms with Gasteiger partial charge in [0.25, 0.3) is 5.56 Å². The standard InChI is InChI=1S/C18H12ClF5N4O/c1-27(9-10-2-4-12(20)6-13(10)21)14-8-26-28(17(29)16(14)19)15-5-3-11(7-25-15)18(22,23)24/h2-8H,9H2,1H3. The maximum absolute atomic E-state index is 13.8. The molecule has 0 unspecified atom stereocenters. The van der Waals surface area contributed by atoms with E-state index in [4.69, 9.17) is 11.6 Å². The molecular weight excluding hydrogens is 419 g/mol. The Morgan fingerprint density at radius 2 is 1.86 bits per heavy atom. The van der Waals surface area contributed by atoms with Crippen molar-refractivity contribution < 1.29 is 22.0 Å². The van der Waals surface area contributed by atoms with Crippen LogP contribution in [0.1, 0.15) is 11.1 Å². The third kappa shape index (κ3) is 4.37. The van der Waals surface area contributed by atoms with E-state index in [9.17, 15) is 26.7 Å². The first kappa shape index (κ1) is 20.7. The lowest BCUT2D eigenvalue weighted by Crippen LogP contribution is -2.27. The molecule has 11 heteroatoms. The second-order valence-electron chi connectivity index (χ2n) is 6.06. The Kier molecular flexibility index (Phi) is 5.56. The van der Waals surface area contributed by atoms with Gasteiger partial charge in [-0.05, 0) is 18.2 Å². The highest BCUT2D eigenvalue weighted by atomic mass is 35.5. The minimum atomic E-state index is -4.57. The van der Waals surface area contributed by atoms with Gasteiger partial charge in [0.1, 0.15) is 16.7 Å². The number of rotatable bonds is 4. The molecule has 0 spiro atoms. The SMILES string of the molecule is CN(Cc1ccc(F)cc1F)c1cnn(-c2ccc(C(F)(F)F)cn2)c(=O)c1Cl. The molecule has 0 N–H and O–H groups in total. The number of hydrogen-bond acceptors (Lipinski definition) is 4. The first-order valence-corrected chi connectivity index (χ1v) is 8.42. The number of nitrogens with zero attached hydrogens (tertiary/aromatic N) is 4. The number of aromatic nitrogens is 3. The minimum absolute atomic E-state index is 0.0322. The van der Waals surface area contributed by atoms with Gasteiger partial charge in [-0.3, -0.25) is 4.79 Å². The van der Waals surface area contributed by atoms with Crippen LogP contribution in [-0.4, -0.2) is 21.8 Å².